The van der Waals surface area contributed by atoms with Gasteiger partial charge in [-0.05, 0) is 44.0 Å². The summed E-state index contributed by atoms with van der Waals surface area (Å²) < 4.78 is 5.31. The smallest absolute Gasteiger partial charge is 0.272 e. The molecule has 7 heteroatoms. The van der Waals surface area contributed by atoms with Gasteiger partial charge in [0, 0.05) is 23.8 Å². The number of nitrogens with zero attached hydrogens (tertiary/aromatic N) is 3. The molecule has 24 heavy (non-hydrogen) atoms. The third-order valence-corrected chi connectivity index (χ3v) is 4.11. The van der Waals surface area contributed by atoms with Crippen molar-refractivity contribution in [2.45, 2.75) is 19.8 Å². The largest absolute Gasteiger partial charge is 0.495 e. The molecule has 2 aromatic rings. The van der Waals surface area contributed by atoms with Crippen LogP contribution in [0.4, 0.5) is 11.6 Å². The topological polar surface area (TPSA) is 67.3 Å². The Labute approximate surface area is 145 Å². The molecule has 6 nitrogen and oxygen atoms in total. The van der Waals surface area contributed by atoms with Gasteiger partial charge < -0.3 is 15.0 Å². The Kier molecular flexibility index (Phi) is 4.85. The number of aryl methyl sites for hydroxylation is 1. The number of hydrogen-bond donors (Lipinski definition) is 1. The second-order valence-electron chi connectivity index (χ2n) is 5.69. The molecule has 0 saturated carbocycles. The summed E-state index contributed by atoms with van der Waals surface area (Å²) in [6.45, 7) is 3.41. The van der Waals surface area contributed by atoms with Crippen molar-refractivity contribution in [2.75, 3.05) is 25.5 Å². The molecule has 0 spiro atoms. The van der Waals surface area contributed by atoms with Gasteiger partial charge in [-0.15, -0.1) is 0 Å². The lowest BCUT2D eigenvalue weighted by atomic mass is 10.3. The van der Waals surface area contributed by atoms with E-state index in [0.29, 0.717) is 28.1 Å². The third kappa shape index (κ3) is 3.59. The molecular formula is C17H19ClN4O2. The van der Waals surface area contributed by atoms with Crippen LogP contribution < -0.4 is 10.1 Å². The molecule has 126 valence electrons. The van der Waals surface area contributed by atoms with E-state index in [9.17, 15) is 4.79 Å². The molecule has 0 atom stereocenters. The van der Waals surface area contributed by atoms with Crippen LogP contribution in [0.2, 0.25) is 5.02 Å². The highest BCUT2D eigenvalue weighted by Crippen LogP contribution is 2.29. The van der Waals surface area contributed by atoms with E-state index < -0.39 is 0 Å². The monoisotopic (exact) mass is 346 g/mol. The molecule has 0 aliphatic carbocycles. The molecule has 1 aliphatic heterocycles. The Hall–Kier alpha value is -2.34. The third-order valence-electron chi connectivity index (χ3n) is 3.87. The molecule has 1 amide bonds. The first-order chi connectivity index (χ1) is 11.6. The van der Waals surface area contributed by atoms with Gasteiger partial charge in [0.15, 0.2) is 0 Å². The van der Waals surface area contributed by atoms with Crippen LogP contribution in [0.1, 0.15) is 29.0 Å². The molecular weight excluding hydrogens is 328 g/mol. The van der Waals surface area contributed by atoms with E-state index in [-0.39, 0.29) is 5.91 Å². The number of carbonyl (C=O) groups is 1. The van der Waals surface area contributed by atoms with Crippen molar-refractivity contribution in [1.82, 2.24) is 14.9 Å². The fourth-order valence-electron chi connectivity index (χ4n) is 2.71. The zero-order valence-electron chi connectivity index (χ0n) is 13.7. The van der Waals surface area contributed by atoms with Gasteiger partial charge >= 0.3 is 0 Å². The maximum absolute atomic E-state index is 12.5. The number of amides is 1. The number of likely N-dealkylation sites (tertiary alicyclic amines) is 1. The van der Waals surface area contributed by atoms with Crippen molar-refractivity contribution in [2.24, 2.45) is 0 Å². The molecule has 1 aromatic carbocycles. The van der Waals surface area contributed by atoms with Crippen LogP contribution in [0.5, 0.6) is 5.75 Å². The average Bonchev–Trinajstić information content (AvgIpc) is 3.08. The normalized spacial score (nSPS) is 13.9. The molecule has 3 rings (SSSR count). The van der Waals surface area contributed by atoms with E-state index in [0.717, 1.165) is 31.6 Å². The van der Waals surface area contributed by atoms with E-state index in [4.69, 9.17) is 16.3 Å². The lowest BCUT2D eigenvalue weighted by molar-refractivity contribution is 0.0787. The van der Waals surface area contributed by atoms with E-state index >= 15 is 0 Å². The fraction of sp³-hybridized carbons (Fsp3) is 0.353. The Bertz CT molecular complexity index is 760. The predicted octanol–water partition coefficient (Wildman–Crippen LogP) is 3.43. The molecule has 0 bridgehead atoms. The Morgan fingerprint density at radius 1 is 1.25 bits per heavy atom. The van der Waals surface area contributed by atoms with Crippen molar-refractivity contribution in [3.63, 3.8) is 0 Å². The van der Waals surface area contributed by atoms with Crippen molar-refractivity contribution >= 4 is 29.1 Å². The first-order valence-electron chi connectivity index (χ1n) is 7.82. The number of ether oxygens (including phenoxy) is 1. The summed E-state index contributed by atoms with van der Waals surface area (Å²) in [5.41, 5.74) is 1.76. The second-order valence-corrected chi connectivity index (χ2v) is 6.12. The van der Waals surface area contributed by atoms with Crippen LogP contribution in [0.15, 0.2) is 24.3 Å². The van der Waals surface area contributed by atoms with Crippen LogP contribution >= 0.6 is 11.6 Å². The molecule has 2 heterocycles. The summed E-state index contributed by atoms with van der Waals surface area (Å²) in [6, 6.07) is 6.94. The minimum absolute atomic E-state index is 0.0564. The zero-order valence-corrected chi connectivity index (χ0v) is 14.4. The highest BCUT2D eigenvalue weighted by molar-refractivity contribution is 6.31. The number of halogens is 1. The Balaban J connectivity index is 1.89. The van der Waals surface area contributed by atoms with E-state index in [1.54, 1.807) is 31.4 Å². The molecule has 1 aromatic heterocycles. The van der Waals surface area contributed by atoms with Crippen LogP contribution in [-0.2, 0) is 0 Å². The fourth-order valence-corrected chi connectivity index (χ4v) is 2.89. The van der Waals surface area contributed by atoms with Gasteiger partial charge in [-0.3, -0.25) is 4.79 Å². The number of benzene rings is 1. The number of carbonyl (C=O) groups excluding carboxylic acids is 1. The lowest BCUT2D eigenvalue weighted by Crippen LogP contribution is -2.28. The summed E-state index contributed by atoms with van der Waals surface area (Å²) in [7, 11) is 1.58. The molecule has 0 unspecified atom stereocenters. The molecule has 0 radical (unpaired) electrons. The molecule has 1 aliphatic rings. The summed E-state index contributed by atoms with van der Waals surface area (Å²) >= 11 is 6.04. The van der Waals surface area contributed by atoms with Crippen LogP contribution in [-0.4, -0.2) is 41.0 Å². The number of rotatable bonds is 4. The summed E-state index contributed by atoms with van der Waals surface area (Å²) in [5.74, 6) is 0.911. The van der Waals surface area contributed by atoms with Gasteiger partial charge in [-0.1, -0.05) is 11.6 Å². The minimum Gasteiger partial charge on any atom is -0.495 e. The number of aromatic nitrogens is 2. The maximum Gasteiger partial charge on any atom is 0.272 e. The van der Waals surface area contributed by atoms with Crippen molar-refractivity contribution in [3.8, 4) is 5.75 Å². The van der Waals surface area contributed by atoms with E-state index in [1.807, 2.05) is 11.8 Å². The number of nitrogens with one attached hydrogen (secondary N) is 1. The first-order valence-corrected chi connectivity index (χ1v) is 8.20. The summed E-state index contributed by atoms with van der Waals surface area (Å²) in [4.78, 5) is 23.1. The summed E-state index contributed by atoms with van der Waals surface area (Å²) in [5, 5.41) is 3.66. The highest BCUT2D eigenvalue weighted by Gasteiger charge is 2.21. The SMILES string of the molecule is COc1ccc(Cl)cc1Nc1nc(C)cc(C(=O)N2CCCC2)n1. The zero-order chi connectivity index (χ0) is 17.1. The first kappa shape index (κ1) is 16.5. The van der Waals surface area contributed by atoms with Crippen molar-refractivity contribution < 1.29 is 9.53 Å². The van der Waals surface area contributed by atoms with Gasteiger partial charge in [0.2, 0.25) is 5.95 Å². The molecule has 1 fully saturated rings. The van der Waals surface area contributed by atoms with Crippen LogP contribution in [0.25, 0.3) is 0 Å². The van der Waals surface area contributed by atoms with E-state index in [2.05, 4.69) is 15.3 Å². The summed E-state index contributed by atoms with van der Waals surface area (Å²) in [6.07, 6.45) is 2.08. The Morgan fingerprint density at radius 2 is 2.00 bits per heavy atom. The van der Waals surface area contributed by atoms with Gasteiger partial charge in [0.25, 0.3) is 5.91 Å². The Morgan fingerprint density at radius 3 is 2.71 bits per heavy atom. The van der Waals surface area contributed by atoms with Gasteiger partial charge in [0.1, 0.15) is 11.4 Å². The molecule has 1 N–H and O–H groups in total. The number of hydrogen-bond acceptors (Lipinski definition) is 5. The standard InChI is InChI=1S/C17H19ClN4O2/c1-11-9-14(16(23)22-7-3-4-8-22)21-17(19-11)20-13-10-12(18)5-6-15(13)24-2/h5-6,9-10H,3-4,7-8H2,1-2H3,(H,19,20,21). The van der Waals surface area contributed by atoms with E-state index in [1.165, 1.54) is 0 Å². The van der Waals surface area contributed by atoms with Gasteiger partial charge in [-0.25, -0.2) is 9.97 Å². The highest BCUT2D eigenvalue weighted by atomic mass is 35.5. The van der Waals surface area contributed by atoms with Gasteiger partial charge in [-0.2, -0.15) is 0 Å². The maximum atomic E-state index is 12.5. The van der Waals surface area contributed by atoms with Gasteiger partial charge in [0.05, 0.1) is 12.8 Å². The van der Waals surface area contributed by atoms with Crippen molar-refractivity contribution in [1.29, 1.82) is 0 Å². The minimum atomic E-state index is -0.0564. The quantitative estimate of drug-likeness (QED) is 0.918. The number of methoxy groups -OCH3 is 1. The molecule has 1 saturated heterocycles. The van der Waals surface area contributed by atoms with Crippen LogP contribution in [0, 0.1) is 6.92 Å². The lowest BCUT2D eigenvalue weighted by Gasteiger charge is -2.16. The number of anilines is 2. The van der Waals surface area contributed by atoms with Crippen LogP contribution in [0.3, 0.4) is 0 Å². The van der Waals surface area contributed by atoms with Crippen molar-refractivity contribution in [3.05, 3.63) is 40.7 Å². The predicted molar refractivity (Wildman–Crippen MR) is 93.2 cm³/mol. The average molecular weight is 347 g/mol. The second kappa shape index (κ2) is 7.05.